The summed E-state index contributed by atoms with van der Waals surface area (Å²) in [7, 11) is 0. The van der Waals surface area contributed by atoms with Gasteiger partial charge in [-0.05, 0) is 60.5 Å². The molecular formula is C24H30N6O2S. The van der Waals surface area contributed by atoms with E-state index < -0.39 is 0 Å². The van der Waals surface area contributed by atoms with Gasteiger partial charge in [0.25, 0.3) is 0 Å². The second-order valence-electron chi connectivity index (χ2n) is 7.51. The second-order valence-corrected chi connectivity index (χ2v) is 7.92. The van der Waals surface area contributed by atoms with E-state index in [1.54, 1.807) is 10.9 Å². The number of unbranched alkanes of at least 4 members (excludes halogenated alkanes) is 3. The van der Waals surface area contributed by atoms with Crippen LogP contribution >= 0.6 is 12.2 Å². The zero-order chi connectivity index (χ0) is 23.1. The number of aliphatic hydroxyl groups is 1. The van der Waals surface area contributed by atoms with Crippen LogP contribution in [-0.2, 0) is 13.2 Å². The molecule has 174 valence electrons. The minimum absolute atomic E-state index is 0.257. The monoisotopic (exact) mass is 466 g/mol. The molecule has 0 spiro atoms. The molecular weight excluding hydrogens is 436 g/mol. The summed E-state index contributed by atoms with van der Waals surface area (Å²) >= 11 is 5.20. The quantitative estimate of drug-likeness (QED) is 0.154. The van der Waals surface area contributed by atoms with Crippen LogP contribution in [0.25, 0.3) is 0 Å². The lowest BCUT2D eigenvalue weighted by atomic mass is 10.2. The average molecular weight is 467 g/mol. The summed E-state index contributed by atoms with van der Waals surface area (Å²) in [5.74, 6) is 0.746. The van der Waals surface area contributed by atoms with E-state index in [0.717, 1.165) is 49.2 Å². The maximum absolute atomic E-state index is 8.76. The third-order valence-corrected chi connectivity index (χ3v) is 5.03. The van der Waals surface area contributed by atoms with Crippen LogP contribution in [0, 0.1) is 0 Å². The Labute approximate surface area is 199 Å². The van der Waals surface area contributed by atoms with Gasteiger partial charge < -0.3 is 15.2 Å². The van der Waals surface area contributed by atoms with Gasteiger partial charge >= 0.3 is 0 Å². The average Bonchev–Trinajstić information content (AvgIpc) is 3.28. The van der Waals surface area contributed by atoms with Gasteiger partial charge in [-0.1, -0.05) is 48.4 Å². The van der Waals surface area contributed by atoms with E-state index in [1.807, 2.05) is 48.7 Å². The molecule has 1 heterocycles. The predicted molar refractivity (Wildman–Crippen MR) is 133 cm³/mol. The topological polar surface area (TPSA) is 96.6 Å². The first kappa shape index (κ1) is 24.3. The van der Waals surface area contributed by atoms with Crippen molar-refractivity contribution in [2.75, 3.05) is 13.2 Å². The van der Waals surface area contributed by atoms with Crippen LogP contribution in [0.4, 0.5) is 0 Å². The maximum atomic E-state index is 8.76. The van der Waals surface area contributed by atoms with Crippen molar-refractivity contribution in [1.82, 2.24) is 25.7 Å². The fraction of sp³-hybridized carbons (Fsp3) is 0.333. The number of nitrogens with one attached hydrogen (secondary N) is 2. The molecule has 1 aromatic heterocycles. The number of nitrogens with zero attached hydrogens (tertiary/aromatic N) is 4. The first-order valence-electron chi connectivity index (χ1n) is 11.1. The van der Waals surface area contributed by atoms with Gasteiger partial charge in [-0.2, -0.15) is 5.10 Å². The largest absolute Gasteiger partial charge is 0.487 e. The molecule has 2 aromatic carbocycles. The van der Waals surface area contributed by atoms with Crippen molar-refractivity contribution in [3.05, 3.63) is 77.6 Å². The van der Waals surface area contributed by atoms with E-state index in [9.17, 15) is 0 Å². The molecule has 0 fully saturated rings. The van der Waals surface area contributed by atoms with E-state index in [1.165, 1.54) is 5.56 Å². The number of ether oxygens (including phenoxy) is 1. The lowest BCUT2D eigenvalue weighted by molar-refractivity contribution is 0.282. The van der Waals surface area contributed by atoms with Crippen LogP contribution in [0.15, 0.2) is 65.9 Å². The molecule has 3 aromatic rings. The van der Waals surface area contributed by atoms with Gasteiger partial charge in [-0.15, -0.1) is 5.10 Å². The van der Waals surface area contributed by atoms with Gasteiger partial charge in [0.15, 0.2) is 5.11 Å². The molecule has 8 nitrogen and oxygen atoms in total. The molecule has 9 heteroatoms. The van der Waals surface area contributed by atoms with Gasteiger partial charge in [-0.3, -0.25) is 5.43 Å². The number of hydrogen-bond acceptors (Lipinski definition) is 6. The van der Waals surface area contributed by atoms with Crippen molar-refractivity contribution in [2.24, 2.45) is 5.10 Å². The summed E-state index contributed by atoms with van der Waals surface area (Å²) in [5.41, 5.74) is 5.69. The van der Waals surface area contributed by atoms with Crippen molar-refractivity contribution in [3.8, 4) is 5.75 Å². The highest BCUT2D eigenvalue weighted by molar-refractivity contribution is 7.80. The molecule has 3 rings (SSSR count). The third-order valence-electron chi connectivity index (χ3n) is 4.79. The molecule has 0 radical (unpaired) electrons. The van der Waals surface area contributed by atoms with E-state index in [2.05, 4.69) is 38.3 Å². The van der Waals surface area contributed by atoms with Gasteiger partial charge in [0, 0.05) is 13.2 Å². The highest BCUT2D eigenvalue weighted by Crippen LogP contribution is 2.13. The summed E-state index contributed by atoms with van der Waals surface area (Å²) in [6, 6.07) is 17.8. The fourth-order valence-corrected chi connectivity index (χ4v) is 3.21. The van der Waals surface area contributed by atoms with E-state index in [-0.39, 0.29) is 6.61 Å². The molecule has 0 unspecified atom stereocenters. The Bertz CT molecular complexity index is 992. The highest BCUT2D eigenvalue weighted by atomic mass is 32.1. The second kappa shape index (κ2) is 14.0. The minimum Gasteiger partial charge on any atom is -0.487 e. The third kappa shape index (κ3) is 9.38. The smallest absolute Gasteiger partial charge is 0.186 e. The van der Waals surface area contributed by atoms with Crippen LogP contribution in [-0.4, -0.2) is 44.6 Å². The fourth-order valence-electron chi connectivity index (χ4n) is 3.06. The van der Waals surface area contributed by atoms with Crippen molar-refractivity contribution in [1.29, 1.82) is 0 Å². The molecule has 0 aliphatic rings. The first-order chi connectivity index (χ1) is 16.2. The zero-order valence-corrected chi connectivity index (χ0v) is 19.4. The Kier molecular flexibility index (Phi) is 10.3. The van der Waals surface area contributed by atoms with Gasteiger partial charge in [0.05, 0.1) is 19.0 Å². The summed E-state index contributed by atoms with van der Waals surface area (Å²) in [5, 5.41) is 24.9. The summed E-state index contributed by atoms with van der Waals surface area (Å²) in [6.07, 6.45) is 7.56. The number of benzene rings is 2. The zero-order valence-electron chi connectivity index (χ0n) is 18.6. The number of hydrogen-bond donors (Lipinski definition) is 3. The van der Waals surface area contributed by atoms with Crippen molar-refractivity contribution in [2.45, 2.75) is 38.8 Å². The van der Waals surface area contributed by atoms with Crippen molar-refractivity contribution < 1.29 is 9.84 Å². The molecule has 0 atom stereocenters. The SMILES string of the molecule is OCCCCCCNC(=S)N/N=C\c1ccc(OCc2cn(Cc3ccccc3)nn2)cc1. The van der Waals surface area contributed by atoms with Gasteiger partial charge in [-0.25, -0.2) is 4.68 Å². The van der Waals surface area contributed by atoms with E-state index in [0.29, 0.717) is 18.3 Å². The molecule has 33 heavy (non-hydrogen) atoms. The lowest BCUT2D eigenvalue weighted by Crippen LogP contribution is -2.32. The van der Waals surface area contributed by atoms with E-state index >= 15 is 0 Å². The Morgan fingerprint density at radius 1 is 1.06 bits per heavy atom. The number of hydrazone groups is 1. The molecule has 0 aliphatic carbocycles. The molecule has 0 aliphatic heterocycles. The lowest BCUT2D eigenvalue weighted by Gasteiger charge is -2.06. The molecule has 0 amide bonds. The number of rotatable bonds is 13. The van der Waals surface area contributed by atoms with Crippen LogP contribution in [0.1, 0.15) is 42.5 Å². The number of aliphatic hydroxyl groups excluding tert-OH is 1. The predicted octanol–water partition coefficient (Wildman–Crippen LogP) is 3.26. The number of aromatic nitrogens is 3. The summed E-state index contributed by atoms with van der Waals surface area (Å²) < 4.78 is 7.61. The van der Waals surface area contributed by atoms with Crippen LogP contribution in [0.3, 0.4) is 0 Å². The summed E-state index contributed by atoms with van der Waals surface area (Å²) in [4.78, 5) is 0. The highest BCUT2D eigenvalue weighted by Gasteiger charge is 2.03. The Morgan fingerprint density at radius 2 is 1.85 bits per heavy atom. The van der Waals surface area contributed by atoms with Gasteiger partial charge in [0.1, 0.15) is 18.1 Å². The van der Waals surface area contributed by atoms with Crippen LogP contribution in [0.2, 0.25) is 0 Å². The Hall–Kier alpha value is -3.30. The minimum atomic E-state index is 0.257. The molecule has 3 N–H and O–H groups in total. The Balaban J connectivity index is 1.35. The molecule has 0 bridgehead atoms. The first-order valence-corrected chi connectivity index (χ1v) is 11.5. The van der Waals surface area contributed by atoms with Crippen LogP contribution in [0.5, 0.6) is 5.75 Å². The Morgan fingerprint density at radius 3 is 2.64 bits per heavy atom. The van der Waals surface area contributed by atoms with Gasteiger partial charge in [0.2, 0.25) is 0 Å². The summed E-state index contributed by atoms with van der Waals surface area (Å²) in [6.45, 7) is 2.08. The standard InChI is InChI=1S/C24H30N6O2S/c31-15-7-2-1-6-14-25-24(33)28-26-16-20-10-12-23(13-11-20)32-19-22-18-30(29-27-22)17-21-8-4-3-5-9-21/h3-5,8-13,16,18,31H,1-2,6-7,14-15,17,19H2,(H2,25,28,33)/b26-16-. The molecule has 0 saturated carbocycles. The molecule has 0 saturated heterocycles. The maximum Gasteiger partial charge on any atom is 0.186 e. The van der Waals surface area contributed by atoms with Crippen molar-refractivity contribution in [3.63, 3.8) is 0 Å². The van der Waals surface area contributed by atoms with Crippen molar-refractivity contribution >= 4 is 23.5 Å². The number of thiocarbonyl (C=S) groups is 1. The van der Waals surface area contributed by atoms with Crippen LogP contribution < -0.4 is 15.5 Å². The van der Waals surface area contributed by atoms with E-state index in [4.69, 9.17) is 22.1 Å². The normalized spacial score (nSPS) is 10.9.